The third kappa shape index (κ3) is 3.40. The minimum Gasteiger partial charge on any atom is -0.457 e. The molecule has 23 heavy (non-hydrogen) atoms. The molecule has 2 heterocycles. The van der Waals surface area contributed by atoms with Gasteiger partial charge in [0, 0.05) is 38.1 Å². The minimum atomic E-state index is -0.444. The average Bonchev–Trinajstić information content (AvgIpc) is 2.37. The van der Waals surface area contributed by atoms with Gasteiger partial charge in [0.15, 0.2) is 0 Å². The Balaban J connectivity index is 1.56. The second-order valence-corrected chi connectivity index (χ2v) is 7.03. The molecule has 0 aliphatic carbocycles. The van der Waals surface area contributed by atoms with E-state index in [1.165, 1.54) is 6.92 Å². The molecule has 0 saturated carbocycles. The van der Waals surface area contributed by atoms with Gasteiger partial charge in [0.05, 0.1) is 0 Å². The van der Waals surface area contributed by atoms with Gasteiger partial charge >= 0.3 is 5.97 Å². The maximum Gasteiger partial charge on any atom is 0.303 e. The average molecular weight is 314 g/mol. The molecule has 120 valence electrons. The molecule has 0 bridgehead atoms. The highest BCUT2D eigenvalue weighted by Crippen LogP contribution is 2.38. The Kier molecular flexibility index (Phi) is 4.16. The number of benzene rings is 1. The van der Waals surface area contributed by atoms with Gasteiger partial charge in [-0.1, -0.05) is 24.8 Å². The number of hydrogen-bond acceptors (Lipinski definition) is 4. The molecule has 2 saturated heterocycles. The minimum absolute atomic E-state index is 0.128. The van der Waals surface area contributed by atoms with Gasteiger partial charge in [-0.2, -0.15) is 0 Å². The molecule has 0 aromatic heterocycles. The molecule has 2 aliphatic rings. The van der Waals surface area contributed by atoms with Gasteiger partial charge in [0.25, 0.3) is 6.71 Å². The Labute approximate surface area is 136 Å². The Morgan fingerprint density at radius 1 is 1.52 bits per heavy atom. The lowest BCUT2D eigenvalue weighted by Crippen LogP contribution is -2.61. The molecule has 2 fully saturated rings. The summed E-state index contributed by atoms with van der Waals surface area (Å²) >= 11 is 0. The number of carbonyl (C=O) groups excluding carboxylic acids is 1. The normalized spacial score (nSPS) is 20.3. The van der Waals surface area contributed by atoms with E-state index in [1.54, 1.807) is 6.07 Å². The molecule has 2 aliphatic heterocycles. The van der Waals surface area contributed by atoms with Gasteiger partial charge in [-0.25, -0.2) is 9.65 Å². The van der Waals surface area contributed by atoms with Crippen molar-refractivity contribution in [1.82, 2.24) is 4.90 Å². The zero-order valence-corrected chi connectivity index (χ0v) is 13.5. The van der Waals surface area contributed by atoms with Crippen molar-refractivity contribution < 1.29 is 13.9 Å². The fourth-order valence-corrected chi connectivity index (χ4v) is 3.61. The smallest absolute Gasteiger partial charge is 0.303 e. The lowest BCUT2D eigenvalue weighted by Gasteiger charge is -2.46. The van der Waals surface area contributed by atoms with Crippen LogP contribution in [0.15, 0.2) is 18.2 Å². The fraction of sp³-hybridized carbons (Fsp3) is 0.529. The molecule has 1 aromatic carbocycles. The lowest BCUT2D eigenvalue weighted by atomic mass is 9.32. The van der Waals surface area contributed by atoms with Crippen LogP contribution >= 0.6 is 0 Å². The highest BCUT2D eigenvalue weighted by atomic mass is 19.1. The predicted octanol–water partition coefficient (Wildman–Crippen LogP) is 2.62. The summed E-state index contributed by atoms with van der Waals surface area (Å²) in [5.74, 6) is 2.10. The summed E-state index contributed by atoms with van der Waals surface area (Å²) < 4.78 is 19.6. The van der Waals surface area contributed by atoms with Crippen LogP contribution in [-0.4, -0.2) is 36.3 Å². The van der Waals surface area contributed by atoms with E-state index in [1.807, 2.05) is 19.1 Å². The van der Waals surface area contributed by atoms with Crippen molar-refractivity contribution in [2.45, 2.75) is 44.6 Å². The Bertz CT molecular complexity index is 661. The van der Waals surface area contributed by atoms with E-state index < -0.39 is 5.60 Å². The van der Waals surface area contributed by atoms with E-state index in [0.29, 0.717) is 31.1 Å². The van der Waals surface area contributed by atoms with Crippen molar-refractivity contribution in [3.8, 4) is 5.97 Å². The topological polar surface area (TPSA) is 53.3 Å². The molecule has 6 heteroatoms. The number of nitriles is 1. The van der Waals surface area contributed by atoms with Crippen LogP contribution < -0.4 is 0 Å². The van der Waals surface area contributed by atoms with Gasteiger partial charge in [0.1, 0.15) is 11.4 Å². The molecular weight excluding hydrogens is 294 g/mol. The highest BCUT2D eigenvalue weighted by molar-refractivity contribution is 6.70. The summed E-state index contributed by atoms with van der Waals surface area (Å²) in [7, 11) is 0. The summed E-state index contributed by atoms with van der Waals surface area (Å²) in [4.78, 5) is 13.1. The summed E-state index contributed by atoms with van der Waals surface area (Å²) in [5, 5.41) is 8.82. The molecule has 3 rings (SSSR count). The van der Waals surface area contributed by atoms with Crippen molar-refractivity contribution in [3.63, 3.8) is 0 Å². The summed E-state index contributed by atoms with van der Waals surface area (Å²) in [6.45, 7) is 5.20. The van der Waals surface area contributed by atoms with Gasteiger partial charge in [-0.05, 0) is 24.5 Å². The van der Waals surface area contributed by atoms with Gasteiger partial charge < -0.3 is 4.74 Å². The van der Waals surface area contributed by atoms with Crippen LogP contribution in [0.5, 0.6) is 0 Å². The summed E-state index contributed by atoms with van der Waals surface area (Å²) in [6.07, 6.45) is 1.67. The quantitative estimate of drug-likeness (QED) is 0.633. The molecule has 0 radical (unpaired) electrons. The molecular formula is C17H20BFN2O2. The fourth-order valence-electron chi connectivity index (χ4n) is 3.61. The van der Waals surface area contributed by atoms with E-state index >= 15 is 0 Å². The molecule has 1 aromatic rings. The van der Waals surface area contributed by atoms with Gasteiger partial charge in [-0.15, -0.1) is 0 Å². The summed E-state index contributed by atoms with van der Waals surface area (Å²) in [5.41, 5.74) is 1.21. The Morgan fingerprint density at radius 3 is 2.78 bits per heavy atom. The molecule has 0 N–H and O–H groups in total. The van der Waals surface area contributed by atoms with Crippen molar-refractivity contribution in [2.75, 3.05) is 13.1 Å². The second kappa shape index (κ2) is 5.97. The second-order valence-electron chi connectivity index (χ2n) is 7.03. The number of rotatable bonds is 4. The standard InChI is InChI=1S/C17H20BFN2O2/c1-12(22)23-17(2)9-21(10-17)8-14-4-3-13(5-16(14)19)15-6-18(7-15)11-20/h3-5,15H,6-10H2,1-2H3. The first kappa shape index (κ1) is 16.0. The van der Waals surface area contributed by atoms with Crippen LogP contribution in [0.2, 0.25) is 12.6 Å². The monoisotopic (exact) mass is 314 g/mol. The number of esters is 1. The van der Waals surface area contributed by atoms with Crippen LogP contribution in [0.4, 0.5) is 4.39 Å². The third-order valence-corrected chi connectivity index (χ3v) is 4.77. The molecule has 0 amide bonds. The first-order valence-electron chi connectivity index (χ1n) is 7.98. The largest absolute Gasteiger partial charge is 0.457 e. The molecule has 4 nitrogen and oxygen atoms in total. The zero-order valence-electron chi connectivity index (χ0n) is 13.5. The third-order valence-electron chi connectivity index (χ3n) is 4.77. The van der Waals surface area contributed by atoms with E-state index in [0.717, 1.165) is 18.2 Å². The van der Waals surface area contributed by atoms with Crippen LogP contribution in [-0.2, 0) is 16.1 Å². The summed E-state index contributed by atoms with van der Waals surface area (Å²) in [6, 6.07) is 5.42. The number of ether oxygens (including phenoxy) is 1. The van der Waals surface area contributed by atoms with Crippen molar-refractivity contribution in [2.24, 2.45) is 0 Å². The molecule has 0 unspecified atom stereocenters. The van der Waals surface area contributed by atoms with Crippen LogP contribution in [0.3, 0.4) is 0 Å². The Morgan fingerprint density at radius 2 is 2.22 bits per heavy atom. The van der Waals surface area contributed by atoms with Gasteiger partial charge in [0.2, 0.25) is 0 Å². The SMILES string of the molecule is CC(=O)OC1(C)CN(Cc2ccc(C3CB(C#N)C3)cc2F)C1. The van der Waals surface area contributed by atoms with Crippen molar-refractivity contribution >= 4 is 12.7 Å². The Hall–Kier alpha value is -1.87. The zero-order chi connectivity index (χ0) is 16.6. The van der Waals surface area contributed by atoms with E-state index in [2.05, 4.69) is 10.9 Å². The molecule has 0 spiro atoms. The number of carbonyl (C=O) groups is 1. The number of halogens is 1. The first-order valence-corrected chi connectivity index (χ1v) is 7.98. The number of hydrogen-bond donors (Lipinski definition) is 0. The number of nitrogens with zero attached hydrogens (tertiary/aromatic N) is 2. The predicted molar refractivity (Wildman–Crippen MR) is 85.6 cm³/mol. The van der Waals surface area contributed by atoms with Crippen molar-refractivity contribution in [3.05, 3.63) is 35.1 Å². The van der Waals surface area contributed by atoms with Gasteiger partial charge in [-0.3, -0.25) is 9.69 Å². The highest BCUT2D eigenvalue weighted by Gasteiger charge is 2.41. The lowest BCUT2D eigenvalue weighted by molar-refractivity contribution is -0.174. The van der Waals surface area contributed by atoms with E-state index in [9.17, 15) is 9.18 Å². The van der Waals surface area contributed by atoms with E-state index in [-0.39, 0.29) is 18.5 Å². The number of likely N-dealkylation sites (tertiary alicyclic amines) is 1. The van der Waals surface area contributed by atoms with Crippen LogP contribution in [0, 0.1) is 17.0 Å². The first-order chi connectivity index (χ1) is 10.9. The van der Waals surface area contributed by atoms with E-state index in [4.69, 9.17) is 10.00 Å². The molecule has 0 atom stereocenters. The van der Waals surface area contributed by atoms with Crippen LogP contribution in [0.1, 0.15) is 30.9 Å². The van der Waals surface area contributed by atoms with Crippen LogP contribution in [0.25, 0.3) is 0 Å². The maximum absolute atomic E-state index is 14.3. The maximum atomic E-state index is 14.3. The van der Waals surface area contributed by atoms with Crippen molar-refractivity contribution in [1.29, 1.82) is 5.26 Å².